The van der Waals surface area contributed by atoms with Gasteiger partial charge in [0.1, 0.15) is 5.82 Å². The lowest BCUT2D eigenvalue weighted by atomic mass is 10.0. The van der Waals surface area contributed by atoms with Crippen LogP contribution in [0.4, 0.5) is 4.39 Å². The quantitative estimate of drug-likeness (QED) is 0.864. The summed E-state index contributed by atoms with van der Waals surface area (Å²) in [7, 11) is 0. The molecule has 22 heavy (non-hydrogen) atoms. The first-order chi connectivity index (χ1) is 10.5. The number of amides is 1. The maximum absolute atomic E-state index is 13.5. The highest BCUT2D eigenvalue weighted by Gasteiger charge is 2.27. The topological polar surface area (TPSA) is 36.1 Å². The van der Waals surface area contributed by atoms with Crippen molar-refractivity contribution in [2.45, 2.75) is 33.2 Å². The van der Waals surface area contributed by atoms with E-state index >= 15 is 0 Å². The highest BCUT2D eigenvalue weighted by molar-refractivity contribution is 5.90. The van der Waals surface area contributed by atoms with E-state index < -0.39 is 0 Å². The molecule has 1 amide bonds. The average molecular weight is 300 g/mol. The van der Waals surface area contributed by atoms with Crippen molar-refractivity contribution < 1.29 is 9.18 Å². The molecule has 0 radical (unpaired) electrons. The third-order valence-corrected chi connectivity index (χ3v) is 4.41. The predicted molar refractivity (Wildman–Crippen MR) is 86.2 cm³/mol. The number of carbonyl (C=O) groups excluding carboxylic acids is 1. The Kier molecular flexibility index (Phi) is 3.77. The smallest absolute Gasteiger partial charge is 0.227 e. The molecule has 0 saturated heterocycles. The van der Waals surface area contributed by atoms with Gasteiger partial charge in [0, 0.05) is 23.1 Å². The van der Waals surface area contributed by atoms with Crippen molar-refractivity contribution >= 4 is 16.8 Å². The number of rotatable bonds is 3. The van der Waals surface area contributed by atoms with Gasteiger partial charge in [0.15, 0.2) is 0 Å². The number of carbonyl (C=O) groups is 1. The van der Waals surface area contributed by atoms with Crippen molar-refractivity contribution in [2.75, 3.05) is 6.54 Å². The van der Waals surface area contributed by atoms with Crippen molar-refractivity contribution in [3.63, 3.8) is 0 Å². The molecule has 3 rings (SSSR count). The number of nitrogens with one attached hydrogen (secondary N) is 1. The molecule has 1 aromatic heterocycles. The molecule has 1 N–H and O–H groups in total. The molecule has 0 bridgehead atoms. The second-order valence-corrected chi connectivity index (χ2v) is 6.30. The maximum Gasteiger partial charge on any atom is 0.227 e. The van der Waals surface area contributed by atoms with E-state index in [0.717, 1.165) is 22.2 Å². The fourth-order valence-electron chi connectivity index (χ4n) is 3.22. The summed E-state index contributed by atoms with van der Waals surface area (Å²) in [6.07, 6.45) is 4.45. The van der Waals surface area contributed by atoms with Gasteiger partial charge in [-0.2, -0.15) is 0 Å². The molecule has 1 unspecified atom stereocenters. The molecular formula is C18H21FN2O. The van der Waals surface area contributed by atoms with E-state index in [-0.39, 0.29) is 17.8 Å². The molecule has 1 aliphatic heterocycles. The molecule has 2 aromatic rings. The Labute approximate surface area is 129 Å². The Balaban J connectivity index is 1.88. The van der Waals surface area contributed by atoms with Crippen LogP contribution in [0, 0.1) is 18.7 Å². The number of aromatic nitrogens is 1. The van der Waals surface area contributed by atoms with E-state index in [1.54, 1.807) is 6.07 Å². The number of aryl methyl sites for hydroxylation is 1. The van der Waals surface area contributed by atoms with Gasteiger partial charge in [0.25, 0.3) is 0 Å². The van der Waals surface area contributed by atoms with Crippen LogP contribution in [0.3, 0.4) is 0 Å². The highest BCUT2D eigenvalue weighted by Crippen LogP contribution is 2.25. The number of H-pyrrole nitrogens is 1. The van der Waals surface area contributed by atoms with Crippen molar-refractivity contribution in [1.82, 2.24) is 9.88 Å². The lowest BCUT2D eigenvalue weighted by Gasteiger charge is -2.27. The van der Waals surface area contributed by atoms with E-state index in [4.69, 9.17) is 0 Å². The van der Waals surface area contributed by atoms with Crippen LogP contribution >= 0.6 is 0 Å². The molecule has 0 aliphatic carbocycles. The van der Waals surface area contributed by atoms with Gasteiger partial charge >= 0.3 is 0 Å². The molecule has 0 fully saturated rings. The summed E-state index contributed by atoms with van der Waals surface area (Å²) < 4.78 is 13.5. The second kappa shape index (κ2) is 5.59. The van der Waals surface area contributed by atoms with Crippen molar-refractivity contribution in [3.8, 4) is 0 Å². The molecule has 1 aliphatic rings. The average Bonchev–Trinajstić information content (AvgIpc) is 3.05. The van der Waals surface area contributed by atoms with E-state index in [1.807, 2.05) is 17.9 Å². The normalized spacial score (nSPS) is 17.9. The van der Waals surface area contributed by atoms with Crippen LogP contribution < -0.4 is 0 Å². The van der Waals surface area contributed by atoms with Gasteiger partial charge in [0.05, 0.1) is 12.5 Å². The summed E-state index contributed by atoms with van der Waals surface area (Å²) in [5, 5.41) is 0.805. The van der Waals surface area contributed by atoms with Crippen LogP contribution in [0.2, 0.25) is 0 Å². The fraction of sp³-hybridized carbons (Fsp3) is 0.389. The minimum Gasteiger partial charge on any atom is -0.358 e. The Bertz CT molecular complexity index is 745. The van der Waals surface area contributed by atoms with E-state index in [2.05, 4.69) is 24.9 Å². The zero-order valence-corrected chi connectivity index (χ0v) is 13.2. The first kappa shape index (κ1) is 14.8. The predicted octanol–water partition coefficient (Wildman–Crippen LogP) is 3.58. The Morgan fingerprint density at radius 2 is 2.23 bits per heavy atom. The van der Waals surface area contributed by atoms with E-state index in [9.17, 15) is 9.18 Å². The maximum atomic E-state index is 13.5. The zero-order chi connectivity index (χ0) is 15.9. The largest absolute Gasteiger partial charge is 0.358 e. The van der Waals surface area contributed by atoms with Crippen LogP contribution in [-0.2, 0) is 11.2 Å². The summed E-state index contributed by atoms with van der Waals surface area (Å²) in [6, 6.07) is 4.82. The van der Waals surface area contributed by atoms with E-state index in [1.165, 1.54) is 12.1 Å². The Hall–Kier alpha value is -2.10. The molecule has 3 nitrogen and oxygen atoms in total. The number of aromatic amines is 1. The molecule has 2 heterocycles. The number of benzene rings is 1. The molecule has 4 heteroatoms. The van der Waals surface area contributed by atoms with Crippen LogP contribution in [0.15, 0.2) is 30.4 Å². The van der Waals surface area contributed by atoms with Crippen LogP contribution in [0.1, 0.15) is 25.1 Å². The van der Waals surface area contributed by atoms with Gasteiger partial charge < -0.3 is 9.88 Å². The molecule has 0 spiro atoms. The van der Waals surface area contributed by atoms with Crippen LogP contribution in [0.25, 0.3) is 10.9 Å². The minimum absolute atomic E-state index is 0.0944. The molecule has 0 saturated carbocycles. The number of hydrogen-bond acceptors (Lipinski definition) is 1. The summed E-state index contributed by atoms with van der Waals surface area (Å²) in [4.78, 5) is 17.8. The van der Waals surface area contributed by atoms with Crippen LogP contribution in [-0.4, -0.2) is 28.4 Å². The van der Waals surface area contributed by atoms with Gasteiger partial charge in [-0.25, -0.2) is 4.39 Å². The summed E-state index contributed by atoms with van der Waals surface area (Å²) in [6.45, 7) is 6.83. The Morgan fingerprint density at radius 3 is 2.95 bits per heavy atom. The molecule has 1 aromatic carbocycles. The second-order valence-electron chi connectivity index (χ2n) is 6.30. The fourth-order valence-corrected chi connectivity index (χ4v) is 3.22. The van der Waals surface area contributed by atoms with Crippen molar-refractivity contribution in [3.05, 3.63) is 47.4 Å². The lowest BCUT2D eigenvalue weighted by molar-refractivity contribution is -0.131. The highest BCUT2D eigenvalue weighted by atomic mass is 19.1. The van der Waals surface area contributed by atoms with Gasteiger partial charge in [-0.05, 0) is 36.6 Å². The standard InChI is InChI=1S/C18H21FN2O/c1-11(2)17-5-4-8-21(17)18(22)10-14-12(3)20-16-7-6-13(19)9-15(14)16/h4-7,9,11,17,20H,8,10H2,1-3H3. The molecule has 1 atom stereocenters. The first-order valence-electron chi connectivity index (χ1n) is 7.70. The summed E-state index contributed by atoms with van der Waals surface area (Å²) >= 11 is 0. The zero-order valence-electron chi connectivity index (χ0n) is 13.2. The number of hydrogen-bond donors (Lipinski definition) is 1. The summed E-state index contributed by atoms with van der Waals surface area (Å²) in [5.41, 5.74) is 2.71. The third kappa shape index (κ3) is 2.54. The Morgan fingerprint density at radius 1 is 1.45 bits per heavy atom. The molecule has 116 valence electrons. The van der Waals surface area contributed by atoms with Gasteiger partial charge in [-0.3, -0.25) is 4.79 Å². The van der Waals surface area contributed by atoms with E-state index in [0.29, 0.717) is 18.9 Å². The van der Waals surface area contributed by atoms with Gasteiger partial charge in [-0.1, -0.05) is 26.0 Å². The van der Waals surface area contributed by atoms with Crippen molar-refractivity contribution in [1.29, 1.82) is 0 Å². The SMILES string of the molecule is Cc1[nH]c2ccc(F)cc2c1CC(=O)N1CC=CC1C(C)C. The summed E-state index contributed by atoms with van der Waals surface area (Å²) in [5.74, 6) is 0.212. The monoisotopic (exact) mass is 300 g/mol. The number of halogens is 1. The first-order valence-corrected chi connectivity index (χ1v) is 7.70. The van der Waals surface area contributed by atoms with Gasteiger partial charge in [-0.15, -0.1) is 0 Å². The lowest BCUT2D eigenvalue weighted by Crippen LogP contribution is -2.39. The van der Waals surface area contributed by atoms with Crippen molar-refractivity contribution in [2.24, 2.45) is 5.92 Å². The minimum atomic E-state index is -0.275. The molecular weight excluding hydrogens is 279 g/mol. The number of fused-ring (bicyclic) bond motifs is 1. The van der Waals surface area contributed by atoms with Gasteiger partial charge in [0.2, 0.25) is 5.91 Å². The van der Waals surface area contributed by atoms with Crippen LogP contribution in [0.5, 0.6) is 0 Å². The third-order valence-electron chi connectivity index (χ3n) is 4.41. The number of nitrogens with zero attached hydrogens (tertiary/aromatic N) is 1.